The summed E-state index contributed by atoms with van der Waals surface area (Å²) in [7, 11) is -2.33. The molecule has 0 aliphatic heterocycles. The lowest BCUT2D eigenvalue weighted by molar-refractivity contribution is -0.142. The molecule has 0 aliphatic carbocycles. The second kappa shape index (κ2) is 7.36. The molecular formula is C12H20N4O5S. The van der Waals surface area contributed by atoms with Gasteiger partial charge in [0.05, 0.1) is 12.2 Å². The van der Waals surface area contributed by atoms with E-state index in [2.05, 4.69) is 15.1 Å². The van der Waals surface area contributed by atoms with Crippen molar-refractivity contribution in [3.05, 3.63) is 12.4 Å². The maximum absolute atomic E-state index is 12.0. The predicted molar refractivity (Wildman–Crippen MR) is 77.5 cm³/mol. The molecule has 0 fully saturated rings. The van der Waals surface area contributed by atoms with Gasteiger partial charge in [0.2, 0.25) is 15.9 Å². The molecule has 2 atom stereocenters. The van der Waals surface area contributed by atoms with Gasteiger partial charge in [-0.1, -0.05) is 13.3 Å². The van der Waals surface area contributed by atoms with Gasteiger partial charge < -0.3 is 10.4 Å². The summed E-state index contributed by atoms with van der Waals surface area (Å²) in [5, 5.41) is 15.0. The van der Waals surface area contributed by atoms with Crippen LogP contribution in [0, 0.1) is 0 Å². The highest BCUT2D eigenvalue weighted by Gasteiger charge is 2.26. The van der Waals surface area contributed by atoms with E-state index in [-0.39, 0.29) is 11.3 Å². The lowest BCUT2D eigenvalue weighted by Crippen LogP contribution is -2.50. The summed E-state index contributed by atoms with van der Waals surface area (Å²) in [6.07, 6.45) is 3.30. The maximum atomic E-state index is 12.0. The van der Waals surface area contributed by atoms with Gasteiger partial charge in [-0.2, -0.15) is 9.82 Å². The molecule has 0 aliphatic rings. The van der Waals surface area contributed by atoms with Crippen molar-refractivity contribution in [1.29, 1.82) is 0 Å². The molecule has 0 spiro atoms. The van der Waals surface area contributed by atoms with Crippen LogP contribution in [0.4, 0.5) is 0 Å². The molecule has 1 rings (SSSR count). The number of aryl methyl sites for hydroxylation is 1. The van der Waals surface area contributed by atoms with Gasteiger partial charge in [-0.25, -0.2) is 13.2 Å². The van der Waals surface area contributed by atoms with Crippen LogP contribution in [0.3, 0.4) is 0 Å². The standard InChI is InChI=1S/C12H20N4O5S/c1-4-5-10(12(18)19)14-11(17)8(2)15-22(20,21)9-6-13-16(3)7-9/h6-8,10,15H,4-5H2,1-3H3,(H,14,17)(H,18,19). The number of aliphatic carboxylic acids is 1. The van der Waals surface area contributed by atoms with Gasteiger partial charge in [0.1, 0.15) is 10.9 Å². The molecule has 1 amide bonds. The molecule has 0 radical (unpaired) electrons. The van der Waals surface area contributed by atoms with Crippen LogP contribution in [0.25, 0.3) is 0 Å². The molecule has 10 heteroatoms. The van der Waals surface area contributed by atoms with Crippen molar-refractivity contribution in [2.75, 3.05) is 0 Å². The smallest absolute Gasteiger partial charge is 0.326 e. The quantitative estimate of drug-likeness (QED) is 0.586. The molecule has 0 saturated heterocycles. The number of nitrogens with one attached hydrogen (secondary N) is 2. The lowest BCUT2D eigenvalue weighted by Gasteiger charge is -2.18. The highest BCUT2D eigenvalue weighted by Crippen LogP contribution is 2.07. The molecule has 0 bridgehead atoms. The Kier molecular flexibility index (Phi) is 6.06. The number of carboxylic acid groups (broad SMARTS) is 1. The Morgan fingerprint density at radius 3 is 2.55 bits per heavy atom. The number of sulfonamides is 1. The van der Waals surface area contributed by atoms with Crippen molar-refractivity contribution in [2.45, 2.75) is 43.7 Å². The van der Waals surface area contributed by atoms with Crippen LogP contribution in [0.1, 0.15) is 26.7 Å². The van der Waals surface area contributed by atoms with Crippen molar-refractivity contribution in [3.8, 4) is 0 Å². The first-order chi connectivity index (χ1) is 10.2. The largest absolute Gasteiger partial charge is 0.480 e. The Hall–Kier alpha value is -1.94. The Balaban J connectivity index is 2.73. The van der Waals surface area contributed by atoms with E-state index in [1.165, 1.54) is 17.8 Å². The lowest BCUT2D eigenvalue weighted by atomic mass is 10.1. The fourth-order valence-electron chi connectivity index (χ4n) is 1.73. The molecule has 2 unspecified atom stereocenters. The van der Waals surface area contributed by atoms with Crippen LogP contribution in [0.2, 0.25) is 0 Å². The molecule has 0 saturated carbocycles. The maximum Gasteiger partial charge on any atom is 0.326 e. The van der Waals surface area contributed by atoms with Gasteiger partial charge in [-0.05, 0) is 13.3 Å². The van der Waals surface area contributed by atoms with E-state index in [1.807, 2.05) is 0 Å². The number of nitrogens with zero attached hydrogens (tertiary/aromatic N) is 2. The number of amides is 1. The minimum Gasteiger partial charge on any atom is -0.480 e. The second-order valence-electron chi connectivity index (χ2n) is 4.88. The highest BCUT2D eigenvalue weighted by molar-refractivity contribution is 7.89. The molecule has 124 valence electrons. The van der Waals surface area contributed by atoms with Crippen molar-refractivity contribution >= 4 is 21.9 Å². The van der Waals surface area contributed by atoms with Gasteiger partial charge in [0.15, 0.2) is 0 Å². The zero-order valence-electron chi connectivity index (χ0n) is 12.6. The van der Waals surface area contributed by atoms with Crippen molar-refractivity contribution in [2.24, 2.45) is 7.05 Å². The van der Waals surface area contributed by atoms with Crippen LogP contribution in [-0.2, 0) is 26.7 Å². The van der Waals surface area contributed by atoms with Gasteiger partial charge in [-0.3, -0.25) is 9.48 Å². The van der Waals surface area contributed by atoms with Gasteiger partial charge >= 0.3 is 5.97 Å². The van der Waals surface area contributed by atoms with Crippen molar-refractivity contribution < 1.29 is 23.1 Å². The molecule has 3 N–H and O–H groups in total. The van der Waals surface area contributed by atoms with Gasteiger partial charge in [0, 0.05) is 13.2 Å². The summed E-state index contributed by atoms with van der Waals surface area (Å²) in [5.41, 5.74) is 0. The number of hydrogen-bond acceptors (Lipinski definition) is 5. The van der Waals surface area contributed by atoms with E-state index >= 15 is 0 Å². The Labute approximate surface area is 128 Å². The predicted octanol–water partition coefficient (Wildman–Crippen LogP) is -0.544. The fourth-order valence-corrected chi connectivity index (χ4v) is 2.92. The molecule has 22 heavy (non-hydrogen) atoms. The monoisotopic (exact) mass is 332 g/mol. The summed E-state index contributed by atoms with van der Waals surface area (Å²) >= 11 is 0. The van der Waals surface area contributed by atoms with E-state index in [9.17, 15) is 18.0 Å². The van der Waals surface area contributed by atoms with E-state index in [4.69, 9.17) is 5.11 Å². The third kappa shape index (κ3) is 4.81. The zero-order valence-corrected chi connectivity index (χ0v) is 13.4. The Morgan fingerprint density at radius 1 is 1.45 bits per heavy atom. The molecule has 1 aromatic heterocycles. The normalized spacial score (nSPS) is 14.3. The van der Waals surface area contributed by atoms with E-state index in [1.54, 1.807) is 14.0 Å². The summed E-state index contributed by atoms with van der Waals surface area (Å²) in [5.74, 6) is -1.86. The molecule has 1 heterocycles. The zero-order chi connectivity index (χ0) is 16.9. The van der Waals surface area contributed by atoms with E-state index in [0.29, 0.717) is 6.42 Å². The minimum atomic E-state index is -3.89. The summed E-state index contributed by atoms with van der Waals surface area (Å²) in [6, 6.07) is -2.15. The fraction of sp³-hybridized carbons (Fsp3) is 0.583. The van der Waals surface area contributed by atoms with E-state index in [0.717, 1.165) is 6.20 Å². The molecular weight excluding hydrogens is 312 g/mol. The number of hydrogen-bond donors (Lipinski definition) is 3. The highest BCUT2D eigenvalue weighted by atomic mass is 32.2. The van der Waals surface area contributed by atoms with Gasteiger partial charge in [-0.15, -0.1) is 0 Å². The van der Waals surface area contributed by atoms with Crippen LogP contribution < -0.4 is 10.0 Å². The molecule has 0 aromatic carbocycles. The number of aromatic nitrogens is 2. The second-order valence-corrected chi connectivity index (χ2v) is 6.59. The SMILES string of the molecule is CCCC(NC(=O)C(C)NS(=O)(=O)c1cnn(C)c1)C(=O)O. The minimum absolute atomic E-state index is 0.0713. The summed E-state index contributed by atoms with van der Waals surface area (Å²) in [6.45, 7) is 3.13. The van der Waals surface area contributed by atoms with Gasteiger partial charge in [0.25, 0.3) is 0 Å². The van der Waals surface area contributed by atoms with Crippen molar-refractivity contribution in [3.63, 3.8) is 0 Å². The number of carbonyl (C=O) groups is 2. The first-order valence-corrected chi connectivity index (χ1v) is 8.19. The van der Waals surface area contributed by atoms with Crippen LogP contribution in [0.15, 0.2) is 17.3 Å². The number of carbonyl (C=O) groups excluding carboxylic acids is 1. The average Bonchev–Trinajstić information content (AvgIpc) is 2.85. The van der Waals surface area contributed by atoms with Crippen LogP contribution in [-0.4, -0.2) is 47.3 Å². The number of rotatable bonds is 8. The van der Waals surface area contributed by atoms with Crippen molar-refractivity contribution in [1.82, 2.24) is 19.8 Å². The average molecular weight is 332 g/mol. The van der Waals surface area contributed by atoms with Crippen LogP contribution in [0.5, 0.6) is 0 Å². The van der Waals surface area contributed by atoms with Crippen LogP contribution >= 0.6 is 0 Å². The first-order valence-electron chi connectivity index (χ1n) is 6.71. The molecule has 1 aromatic rings. The third-order valence-corrected chi connectivity index (χ3v) is 4.40. The Morgan fingerprint density at radius 2 is 2.09 bits per heavy atom. The summed E-state index contributed by atoms with van der Waals surface area (Å²) < 4.78 is 27.6. The molecule has 9 nitrogen and oxygen atoms in total. The first kappa shape index (κ1) is 18.1. The Bertz CT molecular complexity index is 640. The van der Waals surface area contributed by atoms with E-state index < -0.39 is 34.0 Å². The summed E-state index contributed by atoms with van der Waals surface area (Å²) in [4.78, 5) is 22.8. The third-order valence-electron chi connectivity index (χ3n) is 2.91. The number of carboxylic acids is 1. The topological polar surface area (TPSA) is 130 Å².